The Morgan fingerprint density at radius 3 is 2.43 bits per heavy atom. The summed E-state index contributed by atoms with van der Waals surface area (Å²) in [7, 11) is 1.52. The summed E-state index contributed by atoms with van der Waals surface area (Å²) in [5, 5.41) is 9.50. The molecule has 0 fully saturated rings. The topological polar surface area (TPSA) is 89.4 Å². The van der Waals surface area contributed by atoms with E-state index in [0.717, 1.165) is 0 Å². The van der Waals surface area contributed by atoms with Crippen LogP contribution >= 0.6 is 11.8 Å². The van der Waals surface area contributed by atoms with Crippen molar-refractivity contribution in [2.24, 2.45) is 0 Å². The van der Waals surface area contributed by atoms with Gasteiger partial charge in [0, 0.05) is 11.8 Å². The molecule has 0 saturated carbocycles. The summed E-state index contributed by atoms with van der Waals surface area (Å²) in [6.45, 7) is 0. The average molecular weight is 304 g/mol. The van der Waals surface area contributed by atoms with Gasteiger partial charge in [0.25, 0.3) is 0 Å². The smallest absolute Gasteiger partial charge is 0.355 e. The molecule has 0 radical (unpaired) electrons. The highest BCUT2D eigenvalue weighted by Crippen LogP contribution is 2.18. The summed E-state index contributed by atoms with van der Waals surface area (Å²) in [6.07, 6.45) is 2.97. The molecule has 2 aromatic rings. The van der Waals surface area contributed by atoms with E-state index < -0.39 is 11.8 Å². The third-order valence-corrected chi connectivity index (χ3v) is 3.31. The standard InChI is InChI=1S/C14H12N2O4S/c1-20-9-5-3-8(4-6-9)12(17)10-7-15-14(21-2)16-11(10)13(18)19/h3-7H,1-2H3,(H,18,19). The Balaban J connectivity index is 2.44. The number of ether oxygens (including phenoxy) is 1. The van der Waals surface area contributed by atoms with E-state index in [9.17, 15) is 14.7 Å². The quantitative estimate of drug-likeness (QED) is 0.514. The van der Waals surface area contributed by atoms with E-state index in [1.807, 2.05) is 0 Å². The van der Waals surface area contributed by atoms with E-state index in [1.54, 1.807) is 30.5 Å². The molecule has 0 bridgehead atoms. The van der Waals surface area contributed by atoms with Crippen molar-refractivity contribution in [1.29, 1.82) is 0 Å². The first kappa shape index (κ1) is 15.0. The lowest BCUT2D eigenvalue weighted by Gasteiger charge is -2.06. The molecule has 1 heterocycles. The highest BCUT2D eigenvalue weighted by Gasteiger charge is 2.21. The van der Waals surface area contributed by atoms with Gasteiger partial charge in [-0.25, -0.2) is 14.8 Å². The molecular weight excluding hydrogens is 292 g/mol. The Labute approximate surface area is 125 Å². The number of carboxylic acid groups (broad SMARTS) is 1. The second-order valence-electron chi connectivity index (χ2n) is 3.98. The lowest BCUT2D eigenvalue weighted by molar-refractivity contribution is 0.0685. The van der Waals surface area contributed by atoms with Gasteiger partial charge in [-0.05, 0) is 30.5 Å². The Morgan fingerprint density at radius 2 is 1.90 bits per heavy atom. The molecule has 7 heteroatoms. The van der Waals surface area contributed by atoms with E-state index in [-0.39, 0.29) is 11.3 Å². The second-order valence-corrected chi connectivity index (χ2v) is 4.76. The number of nitrogens with zero attached hydrogens (tertiary/aromatic N) is 2. The molecule has 1 N–H and O–H groups in total. The predicted octanol–water partition coefficient (Wildman–Crippen LogP) is 2.14. The highest BCUT2D eigenvalue weighted by atomic mass is 32.2. The molecular formula is C14H12N2O4S. The van der Waals surface area contributed by atoms with Crippen LogP contribution in [0.4, 0.5) is 0 Å². The maximum absolute atomic E-state index is 12.4. The number of rotatable bonds is 5. The number of thioether (sulfide) groups is 1. The molecule has 1 aromatic carbocycles. The molecule has 0 aliphatic heterocycles. The van der Waals surface area contributed by atoms with Crippen molar-refractivity contribution in [2.75, 3.05) is 13.4 Å². The van der Waals surface area contributed by atoms with E-state index in [1.165, 1.54) is 25.1 Å². The van der Waals surface area contributed by atoms with Crippen molar-refractivity contribution in [3.8, 4) is 5.75 Å². The fourth-order valence-electron chi connectivity index (χ4n) is 1.69. The average Bonchev–Trinajstić information content (AvgIpc) is 2.53. The van der Waals surface area contributed by atoms with Crippen LogP contribution in [0, 0.1) is 0 Å². The fourth-order valence-corrected chi connectivity index (χ4v) is 2.03. The van der Waals surface area contributed by atoms with Gasteiger partial charge in [0.1, 0.15) is 5.75 Å². The minimum Gasteiger partial charge on any atom is -0.497 e. The predicted molar refractivity (Wildman–Crippen MR) is 77.2 cm³/mol. The van der Waals surface area contributed by atoms with E-state index in [2.05, 4.69) is 9.97 Å². The van der Waals surface area contributed by atoms with Crippen LogP contribution in [0.1, 0.15) is 26.4 Å². The Kier molecular flexibility index (Phi) is 4.54. The summed E-state index contributed by atoms with van der Waals surface area (Å²) < 4.78 is 5.01. The fraction of sp³-hybridized carbons (Fsp3) is 0.143. The maximum atomic E-state index is 12.4. The number of ketones is 1. The third kappa shape index (κ3) is 3.19. The number of benzene rings is 1. The zero-order chi connectivity index (χ0) is 15.4. The molecule has 108 valence electrons. The first-order chi connectivity index (χ1) is 10.1. The Morgan fingerprint density at radius 1 is 1.24 bits per heavy atom. The van der Waals surface area contributed by atoms with Crippen molar-refractivity contribution in [3.63, 3.8) is 0 Å². The zero-order valence-corrected chi connectivity index (χ0v) is 12.2. The highest BCUT2D eigenvalue weighted by molar-refractivity contribution is 7.98. The van der Waals surface area contributed by atoms with Gasteiger partial charge in [-0.3, -0.25) is 4.79 Å². The summed E-state index contributed by atoms with van der Waals surface area (Å²) in [5.74, 6) is -1.09. The molecule has 0 aliphatic rings. The number of carbonyl (C=O) groups excluding carboxylic acids is 1. The number of methoxy groups -OCH3 is 1. The van der Waals surface area contributed by atoms with Crippen LogP contribution in [0.2, 0.25) is 0 Å². The van der Waals surface area contributed by atoms with Gasteiger partial charge in [-0.1, -0.05) is 11.8 Å². The van der Waals surface area contributed by atoms with Crippen LogP contribution in [0.3, 0.4) is 0 Å². The van der Waals surface area contributed by atoms with E-state index >= 15 is 0 Å². The normalized spacial score (nSPS) is 10.2. The first-order valence-corrected chi connectivity index (χ1v) is 7.12. The van der Waals surface area contributed by atoms with E-state index in [0.29, 0.717) is 16.5 Å². The molecule has 0 unspecified atom stereocenters. The number of aromatic nitrogens is 2. The Hall–Kier alpha value is -2.41. The number of carbonyl (C=O) groups is 2. The number of carboxylic acids is 1. The van der Waals surface area contributed by atoms with Crippen molar-refractivity contribution >= 4 is 23.5 Å². The molecule has 0 saturated heterocycles. The van der Waals surface area contributed by atoms with Gasteiger partial charge in [-0.15, -0.1) is 0 Å². The largest absolute Gasteiger partial charge is 0.497 e. The Bertz CT molecular complexity index is 686. The van der Waals surface area contributed by atoms with Gasteiger partial charge in [0.05, 0.1) is 12.7 Å². The van der Waals surface area contributed by atoms with Crippen molar-refractivity contribution < 1.29 is 19.4 Å². The summed E-state index contributed by atoms with van der Waals surface area (Å²) in [5.41, 5.74) is 0.0134. The summed E-state index contributed by atoms with van der Waals surface area (Å²) in [4.78, 5) is 31.5. The number of aromatic carboxylic acids is 1. The van der Waals surface area contributed by atoms with Gasteiger partial charge in [0.15, 0.2) is 16.6 Å². The molecule has 0 atom stereocenters. The van der Waals surface area contributed by atoms with Crippen LogP contribution in [-0.2, 0) is 0 Å². The molecule has 6 nitrogen and oxygen atoms in total. The lowest BCUT2D eigenvalue weighted by Crippen LogP contribution is -2.13. The van der Waals surface area contributed by atoms with Crippen molar-refractivity contribution in [2.45, 2.75) is 5.16 Å². The molecule has 0 aliphatic carbocycles. The minimum absolute atomic E-state index is 0.0366. The van der Waals surface area contributed by atoms with Gasteiger partial charge < -0.3 is 9.84 Å². The molecule has 2 rings (SSSR count). The molecule has 21 heavy (non-hydrogen) atoms. The maximum Gasteiger partial charge on any atom is 0.355 e. The van der Waals surface area contributed by atoms with Gasteiger partial charge >= 0.3 is 5.97 Å². The number of hydrogen-bond acceptors (Lipinski definition) is 6. The second kappa shape index (κ2) is 6.36. The molecule has 0 spiro atoms. The van der Waals surface area contributed by atoms with Crippen LogP contribution in [0.25, 0.3) is 0 Å². The van der Waals surface area contributed by atoms with Crippen LogP contribution in [0.15, 0.2) is 35.6 Å². The van der Waals surface area contributed by atoms with Gasteiger partial charge in [0.2, 0.25) is 0 Å². The summed E-state index contributed by atoms with van der Waals surface area (Å²) in [6, 6.07) is 6.39. The van der Waals surface area contributed by atoms with Crippen LogP contribution < -0.4 is 4.74 Å². The van der Waals surface area contributed by atoms with Crippen molar-refractivity contribution in [3.05, 3.63) is 47.3 Å². The SMILES string of the molecule is COc1ccc(C(=O)c2cnc(SC)nc2C(=O)O)cc1. The molecule has 1 aromatic heterocycles. The van der Waals surface area contributed by atoms with Crippen molar-refractivity contribution in [1.82, 2.24) is 9.97 Å². The van der Waals surface area contributed by atoms with Crippen LogP contribution in [-0.4, -0.2) is 40.2 Å². The summed E-state index contributed by atoms with van der Waals surface area (Å²) >= 11 is 1.21. The third-order valence-electron chi connectivity index (χ3n) is 2.75. The monoisotopic (exact) mass is 304 g/mol. The number of hydrogen-bond donors (Lipinski definition) is 1. The van der Waals surface area contributed by atoms with E-state index in [4.69, 9.17) is 4.74 Å². The van der Waals surface area contributed by atoms with Crippen LogP contribution in [0.5, 0.6) is 5.75 Å². The molecule has 0 amide bonds. The minimum atomic E-state index is -1.26. The zero-order valence-electron chi connectivity index (χ0n) is 11.4. The first-order valence-electron chi connectivity index (χ1n) is 5.90. The lowest BCUT2D eigenvalue weighted by atomic mass is 10.0. The van der Waals surface area contributed by atoms with Gasteiger partial charge in [-0.2, -0.15) is 0 Å².